The first-order valence-electron chi connectivity index (χ1n) is 4.70. The molecule has 76 valence electrons. The molecule has 1 aromatic rings. The molecule has 0 amide bonds. The largest absolute Gasteiger partial charge is 0.497 e. The average Bonchev–Trinajstić information content (AvgIpc) is 2.20. The third-order valence-electron chi connectivity index (χ3n) is 2.07. The van der Waals surface area contributed by atoms with E-state index in [9.17, 15) is 0 Å². The molecule has 0 unspecified atom stereocenters. The van der Waals surface area contributed by atoms with Crippen LogP contribution in [0.2, 0.25) is 0 Å². The number of benzene rings is 1. The van der Waals surface area contributed by atoms with Gasteiger partial charge in [0, 0.05) is 0 Å². The standard InChI is InChI=1S/C12H16OS/c1-10-9-12(13-2)7-6-11(10)5-3-4-8-14/h3,5-7,9,14H,4,8H2,1-2H3. The van der Waals surface area contributed by atoms with Crippen molar-refractivity contribution in [1.29, 1.82) is 0 Å². The first-order valence-corrected chi connectivity index (χ1v) is 5.33. The van der Waals surface area contributed by atoms with Crippen molar-refractivity contribution >= 4 is 18.7 Å². The Morgan fingerprint density at radius 2 is 2.21 bits per heavy atom. The maximum atomic E-state index is 5.14. The zero-order valence-corrected chi connectivity index (χ0v) is 9.55. The van der Waals surface area contributed by atoms with Crippen molar-refractivity contribution in [2.75, 3.05) is 12.9 Å². The second-order valence-electron chi connectivity index (χ2n) is 3.14. The molecular formula is C12H16OS. The Labute approximate surface area is 91.2 Å². The summed E-state index contributed by atoms with van der Waals surface area (Å²) in [6, 6.07) is 6.09. The highest BCUT2D eigenvalue weighted by Crippen LogP contribution is 2.17. The average molecular weight is 208 g/mol. The van der Waals surface area contributed by atoms with Crippen LogP contribution in [-0.4, -0.2) is 12.9 Å². The van der Waals surface area contributed by atoms with Gasteiger partial charge in [0.25, 0.3) is 0 Å². The van der Waals surface area contributed by atoms with Gasteiger partial charge in [-0.25, -0.2) is 0 Å². The normalized spacial score (nSPS) is 10.8. The quantitative estimate of drug-likeness (QED) is 0.747. The number of methoxy groups -OCH3 is 1. The van der Waals surface area contributed by atoms with Crippen molar-refractivity contribution in [3.8, 4) is 5.75 Å². The summed E-state index contributed by atoms with van der Waals surface area (Å²) < 4.78 is 5.14. The summed E-state index contributed by atoms with van der Waals surface area (Å²) in [5.74, 6) is 1.81. The first kappa shape index (κ1) is 11.2. The van der Waals surface area contributed by atoms with Crippen LogP contribution in [0.3, 0.4) is 0 Å². The molecule has 1 aromatic carbocycles. The molecule has 0 bridgehead atoms. The molecule has 0 atom stereocenters. The van der Waals surface area contributed by atoms with Gasteiger partial charge >= 0.3 is 0 Å². The number of aryl methyl sites for hydroxylation is 1. The van der Waals surface area contributed by atoms with Gasteiger partial charge in [0.2, 0.25) is 0 Å². The van der Waals surface area contributed by atoms with E-state index < -0.39 is 0 Å². The maximum Gasteiger partial charge on any atom is 0.119 e. The molecule has 2 heteroatoms. The third kappa shape index (κ3) is 3.11. The second-order valence-corrected chi connectivity index (χ2v) is 3.58. The fourth-order valence-corrected chi connectivity index (χ4v) is 1.40. The molecule has 0 spiro atoms. The summed E-state index contributed by atoms with van der Waals surface area (Å²) in [6.45, 7) is 2.09. The Kier molecular flexibility index (Phi) is 4.60. The van der Waals surface area contributed by atoms with Gasteiger partial charge in [-0.15, -0.1) is 0 Å². The van der Waals surface area contributed by atoms with E-state index in [0.717, 1.165) is 17.9 Å². The number of ether oxygens (including phenoxy) is 1. The predicted molar refractivity (Wildman–Crippen MR) is 65.2 cm³/mol. The Morgan fingerprint density at radius 3 is 2.79 bits per heavy atom. The van der Waals surface area contributed by atoms with E-state index in [1.807, 2.05) is 12.1 Å². The molecule has 0 radical (unpaired) electrons. The van der Waals surface area contributed by atoms with Gasteiger partial charge in [0.05, 0.1) is 7.11 Å². The summed E-state index contributed by atoms with van der Waals surface area (Å²) in [6.07, 6.45) is 5.28. The number of rotatable bonds is 4. The summed E-state index contributed by atoms with van der Waals surface area (Å²) in [7, 11) is 1.69. The van der Waals surface area contributed by atoms with Crippen LogP contribution < -0.4 is 4.74 Å². The van der Waals surface area contributed by atoms with Gasteiger partial charge in [-0.1, -0.05) is 18.2 Å². The van der Waals surface area contributed by atoms with E-state index >= 15 is 0 Å². The minimum Gasteiger partial charge on any atom is -0.497 e. The van der Waals surface area contributed by atoms with E-state index in [4.69, 9.17) is 4.74 Å². The number of hydrogen-bond donors (Lipinski definition) is 1. The topological polar surface area (TPSA) is 9.23 Å². The SMILES string of the molecule is COc1ccc(C=CCCS)c(C)c1. The monoisotopic (exact) mass is 208 g/mol. The summed E-state index contributed by atoms with van der Waals surface area (Å²) in [5.41, 5.74) is 2.48. The van der Waals surface area contributed by atoms with Crippen molar-refractivity contribution < 1.29 is 4.74 Å². The molecule has 1 nitrogen and oxygen atoms in total. The Hall–Kier alpha value is -0.890. The highest BCUT2D eigenvalue weighted by molar-refractivity contribution is 7.80. The maximum absolute atomic E-state index is 5.14. The molecular weight excluding hydrogens is 192 g/mol. The molecule has 0 aromatic heterocycles. The van der Waals surface area contributed by atoms with Crippen LogP contribution in [0.1, 0.15) is 17.5 Å². The highest BCUT2D eigenvalue weighted by Gasteiger charge is 1.96. The highest BCUT2D eigenvalue weighted by atomic mass is 32.1. The molecule has 0 saturated heterocycles. The fourth-order valence-electron chi connectivity index (χ4n) is 1.25. The first-order chi connectivity index (χ1) is 6.77. The van der Waals surface area contributed by atoms with Gasteiger partial charge in [-0.05, 0) is 42.4 Å². The minimum absolute atomic E-state index is 0.895. The van der Waals surface area contributed by atoms with E-state index in [0.29, 0.717) is 0 Å². The molecule has 0 N–H and O–H groups in total. The van der Waals surface area contributed by atoms with Crippen LogP contribution in [0, 0.1) is 6.92 Å². The van der Waals surface area contributed by atoms with Gasteiger partial charge in [0.1, 0.15) is 5.75 Å². The van der Waals surface area contributed by atoms with Gasteiger partial charge < -0.3 is 4.74 Å². The molecule has 1 rings (SSSR count). The van der Waals surface area contributed by atoms with Gasteiger partial charge in [-0.3, -0.25) is 0 Å². The van der Waals surface area contributed by atoms with E-state index in [2.05, 4.69) is 37.8 Å². The molecule has 0 aliphatic carbocycles. The summed E-state index contributed by atoms with van der Waals surface area (Å²) >= 11 is 4.15. The number of thiol groups is 1. The summed E-state index contributed by atoms with van der Waals surface area (Å²) in [4.78, 5) is 0. The molecule has 14 heavy (non-hydrogen) atoms. The third-order valence-corrected chi connectivity index (χ3v) is 2.33. The lowest BCUT2D eigenvalue weighted by Gasteiger charge is -2.03. The zero-order chi connectivity index (χ0) is 10.4. The summed E-state index contributed by atoms with van der Waals surface area (Å²) in [5, 5.41) is 0. The Balaban J connectivity index is 2.78. The molecule has 0 fully saturated rings. The lowest BCUT2D eigenvalue weighted by molar-refractivity contribution is 0.414. The zero-order valence-electron chi connectivity index (χ0n) is 8.66. The molecule has 0 saturated carbocycles. The van der Waals surface area contributed by atoms with Gasteiger partial charge in [-0.2, -0.15) is 12.6 Å². The lowest BCUT2D eigenvalue weighted by Crippen LogP contribution is -1.85. The number of hydrogen-bond acceptors (Lipinski definition) is 2. The molecule has 0 aliphatic rings. The fraction of sp³-hybridized carbons (Fsp3) is 0.333. The number of allylic oxidation sites excluding steroid dienone is 1. The van der Waals surface area contributed by atoms with E-state index in [1.165, 1.54) is 11.1 Å². The lowest BCUT2D eigenvalue weighted by atomic mass is 10.1. The van der Waals surface area contributed by atoms with Crippen LogP contribution in [-0.2, 0) is 0 Å². The van der Waals surface area contributed by atoms with Crippen LogP contribution in [0.25, 0.3) is 6.08 Å². The molecule has 0 heterocycles. The van der Waals surface area contributed by atoms with Crippen molar-refractivity contribution in [3.05, 3.63) is 35.4 Å². The smallest absolute Gasteiger partial charge is 0.119 e. The second kappa shape index (κ2) is 5.76. The molecule has 0 aliphatic heterocycles. The Morgan fingerprint density at radius 1 is 1.43 bits per heavy atom. The van der Waals surface area contributed by atoms with E-state index in [1.54, 1.807) is 7.11 Å². The van der Waals surface area contributed by atoms with Crippen molar-refractivity contribution in [2.45, 2.75) is 13.3 Å². The van der Waals surface area contributed by atoms with Gasteiger partial charge in [0.15, 0.2) is 0 Å². The van der Waals surface area contributed by atoms with Crippen LogP contribution in [0.15, 0.2) is 24.3 Å². The Bertz CT molecular complexity index is 318. The van der Waals surface area contributed by atoms with Crippen molar-refractivity contribution in [1.82, 2.24) is 0 Å². The van der Waals surface area contributed by atoms with Crippen LogP contribution in [0.4, 0.5) is 0 Å². The predicted octanol–water partition coefficient (Wildman–Crippen LogP) is 3.34. The van der Waals surface area contributed by atoms with Crippen LogP contribution in [0.5, 0.6) is 5.75 Å². The van der Waals surface area contributed by atoms with E-state index in [-0.39, 0.29) is 0 Å². The van der Waals surface area contributed by atoms with Crippen molar-refractivity contribution in [3.63, 3.8) is 0 Å². The minimum atomic E-state index is 0.895. The van der Waals surface area contributed by atoms with Crippen molar-refractivity contribution in [2.24, 2.45) is 0 Å². The van der Waals surface area contributed by atoms with Crippen LogP contribution >= 0.6 is 12.6 Å².